The van der Waals surface area contributed by atoms with Crippen molar-refractivity contribution in [1.82, 2.24) is 15.3 Å². The maximum atomic E-state index is 12.7. The van der Waals surface area contributed by atoms with E-state index < -0.39 is 23.8 Å². The Hall–Kier alpha value is -3.62. The largest absolute Gasteiger partial charge is 0.450 e. The fourth-order valence-corrected chi connectivity index (χ4v) is 3.69. The maximum absolute atomic E-state index is 12.7. The van der Waals surface area contributed by atoms with E-state index in [0.717, 1.165) is 17.7 Å². The molecule has 0 spiro atoms. The van der Waals surface area contributed by atoms with Crippen molar-refractivity contribution in [3.8, 4) is 6.01 Å². The van der Waals surface area contributed by atoms with Gasteiger partial charge in [0.15, 0.2) is 6.10 Å². The van der Waals surface area contributed by atoms with Gasteiger partial charge in [0.1, 0.15) is 0 Å². The van der Waals surface area contributed by atoms with Crippen LogP contribution in [0.2, 0.25) is 10.0 Å². The van der Waals surface area contributed by atoms with Crippen LogP contribution in [-0.4, -0.2) is 15.9 Å². The summed E-state index contributed by atoms with van der Waals surface area (Å²) in [7, 11) is 0. The van der Waals surface area contributed by atoms with E-state index in [0.29, 0.717) is 21.2 Å². The normalized spacial score (nSPS) is 12.1. The molecule has 5 nitrogen and oxygen atoms in total. The van der Waals surface area contributed by atoms with Crippen molar-refractivity contribution < 1.29 is 22.7 Å². The van der Waals surface area contributed by atoms with E-state index in [1.54, 1.807) is 36.4 Å². The standard InChI is InChI=1S/C26H18Cl2F3N3O2/c27-20-11-7-17(8-12-20)23(21-3-1-2-4-22(21)28)36-25-33-14-18(15-34-25)24(35)32-13-16-5-9-19(10-6-16)26(29,30)31/h1-12,14-15,23H,13H2,(H,32,35). The highest BCUT2D eigenvalue weighted by atomic mass is 35.5. The van der Waals surface area contributed by atoms with Crippen molar-refractivity contribution in [3.63, 3.8) is 0 Å². The molecule has 0 radical (unpaired) electrons. The zero-order chi connectivity index (χ0) is 25.7. The third-order valence-electron chi connectivity index (χ3n) is 5.21. The third kappa shape index (κ3) is 6.33. The first kappa shape index (κ1) is 25.5. The Bertz CT molecular complexity index is 1330. The monoisotopic (exact) mass is 531 g/mol. The highest BCUT2D eigenvalue weighted by Gasteiger charge is 2.30. The van der Waals surface area contributed by atoms with Gasteiger partial charge in [0.05, 0.1) is 11.1 Å². The van der Waals surface area contributed by atoms with Crippen LogP contribution in [0.15, 0.2) is 85.2 Å². The van der Waals surface area contributed by atoms with Gasteiger partial charge in [0.25, 0.3) is 5.91 Å². The van der Waals surface area contributed by atoms with Crippen molar-refractivity contribution in [2.45, 2.75) is 18.8 Å². The zero-order valence-electron chi connectivity index (χ0n) is 18.5. The molecule has 184 valence electrons. The van der Waals surface area contributed by atoms with Crippen molar-refractivity contribution in [3.05, 3.63) is 123 Å². The Morgan fingerprint density at radius 2 is 1.56 bits per heavy atom. The lowest BCUT2D eigenvalue weighted by Gasteiger charge is -2.20. The molecule has 1 N–H and O–H groups in total. The molecule has 1 heterocycles. The molecule has 1 unspecified atom stereocenters. The topological polar surface area (TPSA) is 64.1 Å². The molecule has 10 heteroatoms. The number of amides is 1. The van der Waals surface area contributed by atoms with Crippen LogP contribution in [0.1, 0.15) is 38.7 Å². The first-order valence-electron chi connectivity index (χ1n) is 10.6. The van der Waals surface area contributed by atoms with Gasteiger partial charge in [-0.2, -0.15) is 13.2 Å². The molecule has 1 aromatic heterocycles. The van der Waals surface area contributed by atoms with Gasteiger partial charge in [0.2, 0.25) is 0 Å². The SMILES string of the molecule is O=C(NCc1ccc(C(F)(F)F)cc1)c1cnc(OC(c2ccc(Cl)cc2)c2ccccc2Cl)nc1. The molecule has 0 aliphatic heterocycles. The lowest BCUT2D eigenvalue weighted by atomic mass is 10.0. The van der Waals surface area contributed by atoms with Crippen LogP contribution in [0.5, 0.6) is 6.01 Å². The van der Waals surface area contributed by atoms with Crippen LogP contribution in [0.3, 0.4) is 0 Å². The van der Waals surface area contributed by atoms with E-state index >= 15 is 0 Å². The first-order chi connectivity index (χ1) is 17.2. The number of ether oxygens (including phenoxy) is 1. The van der Waals surface area contributed by atoms with Gasteiger partial charge < -0.3 is 10.1 Å². The molecule has 4 rings (SSSR count). The minimum Gasteiger partial charge on any atom is -0.450 e. The highest BCUT2D eigenvalue weighted by molar-refractivity contribution is 6.31. The smallest absolute Gasteiger partial charge is 0.416 e. The predicted octanol–water partition coefficient (Wildman–Crippen LogP) is 6.90. The van der Waals surface area contributed by atoms with Crippen molar-refractivity contribution >= 4 is 29.1 Å². The molecule has 0 aliphatic rings. The van der Waals surface area contributed by atoms with E-state index in [1.165, 1.54) is 24.5 Å². The number of carbonyl (C=O) groups is 1. The minimum atomic E-state index is -4.42. The molecule has 1 atom stereocenters. The number of nitrogens with one attached hydrogen (secondary N) is 1. The molecule has 1 amide bonds. The van der Waals surface area contributed by atoms with Crippen LogP contribution >= 0.6 is 23.2 Å². The molecular formula is C26H18Cl2F3N3O2. The number of nitrogens with zero attached hydrogens (tertiary/aromatic N) is 2. The Kier molecular flexibility index (Phi) is 7.76. The number of hydrogen-bond donors (Lipinski definition) is 1. The van der Waals surface area contributed by atoms with E-state index in [-0.39, 0.29) is 18.1 Å². The van der Waals surface area contributed by atoms with E-state index in [4.69, 9.17) is 27.9 Å². The van der Waals surface area contributed by atoms with Crippen molar-refractivity contribution in [1.29, 1.82) is 0 Å². The third-order valence-corrected chi connectivity index (χ3v) is 5.80. The summed E-state index contributed by atoms with van der Waals surface area (Å²) in [5.74, 6) is -0.484. The Morgan fingerprint density at radius 3 is 2.17 bits per heavy atom. The average Bonchev–Trinajstić information content (AvgIpc) is 2.87. The predicted molar refractivity (Wildman–Crippen MR) is 130 cm³/mol. The minimum absolute atomic E-state index is 0.0224. The quantitative estimate of drug-likeness (QED) is 0.281. The second kappa shape index (κ2) is 11.0. The van der Waals surface area contributed by atoms with Gasteiger partial charge in [-0.15, -0.1) is 0 Å². The molecule has 36 heavy (non-hydrogen) atoms. The second-order valence-electron chi connectivity index (χ2n) is 7.70. The summed E-state index contributed by atoms with van der Waals surface area (Å²) >= 11 is 12.4. The van der Waals surface area contributed by atoms with Crippen LogP contribution in [0, 0.1) is 0 Å². The second-order valence-corrected chi connectivity index (χ2v) is 8.55. The molecular weight excluding hydrogens is 514 g/mol. The number of hydrogen-bond acceptors (Lipinski definition) is 4. The van der Waals surface area contributed by atoms with Crippen molar-refractivity contribution in [2.75, 3.05) is 0 Å². The number of carbonyl (C=O) groups excluding carboxylic acids is 1. The van der Waals surface area contributed by atoms with Gasteiger partial charge >= 0.3 is 12.2 Å². The molecule has 4 aromatic rings. The van der Waals surface area contributed by atoms with Crippen molar-refractivity contribution in [2.24, 2.45) is 0 Å². The van der Waals surface area contributed by atoms with Gasteiger partial charge in [-0.05, 0) is 41.5 Å². The van der Waals surface area contributed by atoms with Crippen LogP contribution in [0.4, 0.5) is 13.2 Å². The molecule has 0 aliphatic carbocycles. The van der Waals surface area contributed by atoms with E-state index in [9.17, 15) is 18.0 Å². The van der Waals surface area contributed by atoms with Crippen LogP contribution < -0.4 is 10.1 Å². The van der Waals surface area contributed by atoms with Gasteiger partial charge in [0, 0.05) is 34.5 Å². The number of alkyl halides is 3. The summed E-state index contributed by atoms with van der Waals surface area (Å²) in [4.78, 5) is 20.7. The number of aromatic nitrogens is 2. The lowest BCUT2D eigenvalue weighted by Crippen LogP contribution is -2.23. The fourth-order valence-electron chi connectivity index (χ4n) is 3.33. The average molecular weight is 532 g/mol. The summed E-state index contributed by atoms with van der Waals surface area (Å²) in [6.07, 6.45) is -2.44. The number of rotatable bonds is 7. The molecule has 0 fully saturated rings. The van der Waals surface area contributed by atoms with Gasteiger partial charge in [-0.1, -0.05) is 65.7 Å². The molecule has 0 saturated heterocycles. The molecule has 0 bridgehead atoms. The Labute approximate surface area is 214 Å². The van der Waals surface area contributed by atoms with E-state index in [2.05, 4.69) is 15.3 Å². The Balaban J connectivity index is 1.45. The zero-order valence-corrected chi connectivity index (χ0v) is 20.0. The highest BCUT2D eigenvalue weighted by Crippen LogP contribution is 2.32. The maximum Gasteiger partial charge on any atom is 0.416 e. The summed E-state index contributed by atoms with van der Waals surface area (Å²) < 4.78 is 44.1. The summed E-state index contributed by atoms with van der Waals surface area (Å²) in [6.45, 7) is 0.0420. The summed E-state index contributed by atoms with van der Waals surface area (Å²) in [5.41, 5.74) is 1.39. The summed E-state index contributed by atoms with van der Waals surface area (Å²) in [5, 5.41) is 3.69. The van der Waals surface area contributed by atoms with Crippen LogP contribution in [0.25, 0.3) is 0 Å². The molecule has 0 saturated carbocycles. The van der Waals surface area contributed by atoms with Gasteiger partial charge in [-0.3, -0.25) is 4.79 Å². The summed E-state index contributed by atoms with van der Waals surface area (Å²) in [6, 6.07) is 18.8. The first-order valence-corrected chi connectivity index (χ1v) is 11.4. The van der Waals surface area contributed by atoms with Crippen LogP contribution in [-0.2, 0) is 12.7 Å². The Morgan fingerprint density at radius 1 is 0.917 bits per heavy atom. The fraction of sp³-hybridized carbons (Fsp3) is 0.115. The number of benzene rings is 3. The molecule has 3 aromatic carbocycles. The number of halogens is 5. The van der Waals surface area contributed by atoms with E-state index in [1.807, 2.05) is 12.1 Å². The van der Waals surface area contributed by atoms with Gasteiger partial charge in [-0.25, -0.2) is 9.97 Å². The lowest BCUT2D eigenvalue weighted by molar-refractivity contribution is -0.137.